The number of ether oxygens (including phenoxy) is 1. The van der Waals surface area contributed by atoms with Crippen molar-refractivity contribution < 1.29 is 4.74 Å². The molecule has 3 aromatic rings. The van der Waals surface area contributed by atoms with Gasteiger partial charge in [-0.25, -0.2) is 4.68 Å². The van der Waals surface area contributed by atoms with Gasteiger partial charge in [0, 0.05) is 24.7 Å². The van der Waals surface area contributed by atoms with E-state index in [1.54, 1.807) is 10.9 Å². The van der Waals surface area contributed by atoms with E-state index < -0.39 is 0 Å². The summed E-state index contributed by atoms with van der Waals surface area (Å²) in [4.78, 5) is 4.33. The van der Waals surface area contributed by atoms with Gasteiger partial charge in [0.05, 0.1) is 22.7 Å². The van der Waals surface area contributed by atoms with Crippen LogP contribution in [0.3, 0.4) is 0 Å². The van der Waals surface area contributed by atoms with Crippen molar-refractivity contribution in [2.75, 3.05) is 0 Å². The van der Waals surface area contributed by atoms with Gasteiger partial charge < -0.3 is 4.74 Å². The first kappa shape index (κ1) is 12.9. The maximum atomic E-state index is 5.97. The number of fused-ring (bicyclic) bond motifs is 1. The largest absolute Gasteiger partial charge is 0.439 e. The summed E-state index contributed by atoms with van der Waals surface area (Å²) in [6.07, 6.45) is 1.77. The summed E-state index contributed by atoms with van der Waals surface area (Å²) in [5.74, 6) is 1.78. The molecule has 3 rings (SSSR count). The molecule has 0 bridgehead atoms. The third kappa shape index (κ3) is 2.23. The van der Waals surface area contributed by atoms with E-state index in [0.29, 0.717) is 11.8 Å². The van der Waals surface area contributed by atoms with Crippen LogP contribution < -0.4 is 4.74 Å². The summed E-state index contributed by atoms with van der Waals surface area (Å²) in [6, 6.07) is 9.75. The van der Waals surface area contributed by atoms with Gasteiger partial charge in [-0.3, -0.25) is 4.98 Å². The fourth-order valence-corrected chi connectivity index (χ4v) is 2.49. The number of hydrogen-bond acceptors (Lipinski definition) is 3. The number of halogens is 1. The third-order valence-electron chi connectivity index (χ3n) is 3.21. The molecule has 2 aromatic heterocycles. The van der Waals surface area contributed by atoms with Crippen LogP contribution in [0, 0.1) is 6.92 Å². The Morgan fingerprint density at radius 3 is 2.95 bits per heavy atom. The number of hydrogen-bond donors (Lipinski definition) is 0. The van der Waals surface area contributed by atoms with Crippen molar-refractivity contribution in [2.24, 2.45) is 7.05 Å². The molecule has 0 radical (unpaired) electrons. The number of benzene rings is 1. The first-order valence-electron chi connectivity index (χ1n) is 6.30. The summed E-state index contributed by atoms with van der Waals surface area (Å²) >= 11 is 5.97. The molecule has 0 aliphatic heterocycles. The minimum Gasteiger partial charge on any atom is -0.439 e. The van der Waals surface area contributed by atoms with E-state index in [9.17, 15) is 0 Å². The summed E-state index contributed by atoms with van der Waals surface area (Å²) in [5.41, 5.74) is 2.70. The third-order valence-corrected chi connectivity index (χ3v) is 3.48. The Labute approximate surface area is 122 Å². The van der Waals surface area contributed by atoms with Crippen molar-refractivity contribution in [3.63, 3.8) is 0 Å². The Balaban J connectivity index is 2.01. The molecule has 0 aliphatic carbocycles. The number of pyridine rings is 1. The molecule has 0 saturated heterocycles. The van der Waals surface area contributed by atoms with Crippen LogP contribution in [0.4, 0.5) is 0 Å². The van der Waals surface area contributed by atoms with Crippen LogP contribution in [0.2, 0.25) is 0 Å². The molecule has 0 unspecified atom stereocenters. The molecule has 0 spiro atoms. The van der Waals surface area contributed by atoms with Gasteiger partial charge in [-0.15, -0.1) is 11.6 Å². The van der Waals surface area contributed by atoms with Gasteiger partial charge in [0.1, 0.15) is 5.75 Å². The predicted molar refractivity (Wildman–Crippen MR) is 79.3 cm³/mol. The van der Waals surface area contributed by atoms with Gasteiger partial charge in [0.2, 0.25) is 5.88 Å². The average Bonchev–Trinajstić information content (AvgIpc) is 2.72. The van der Waals surface area contributed by atoms with E-state index in [1.807, 2.05) is 44.3 Å². The van der Waals surface area contributed by atoms with Crippen LogP contribution in [0.1, 0.15) is 11.3 Å². The second kappa shape index (κ2) is 5.13. The van der Waals surface area contributed by atoms with Crippen LogP contribution in [0.25, 0.3) is 10.9 Å². The standard InChI is InChI=1S/C15H14ClN3O/c1-10-13(9-16)15(19(2)18-10)20-12-6-5-11-4-3-7-17-14(11)8-12/h3-8H,9H2,1-2H3. The van der Waals surface area contributed by atoms with Gasteiger partial charge in [-0.05, 0) is 25.1 Å². The Morgan fingerprint density at radius 2 is 2.15 bits per heavy atom. The molecule has 5 heteroatoms. The number of nitrogens with zero attached hydrogens (tertiary/aromatic N) is 3. The second-order valence-corrected chi connectivity index (χ2v) is 4.85. The topological polar surface area (TPSA) is 39.9 Å². The molecule has 0 atom stereocenters. The van der Waals surface area contributed by atoms with Gasteiger partial charge in [-0.1, -0.05) is 6.07 Å². The summed E-state index contributed by atoms with van der Waals surface area (Å²) in [6.45, 7) is 1.92. The number of aryl methyl sites for hydroxylation is 2. The maximum Gasteiger partial charge on any atom is 0.222 e. The van der Waals surface area contributed by atoms with Crippen molar-refractivity contribution >= 4 is 22.5 Å². The SMILES string of the molecule is Cc1nn(C)c(Oc2ccc3cccnc3c2)c1CCl. The molecule has 2 heterocycles. The molecule has 0 aliphatic rings. The van der Waals surface area contributed by atoms with Crippen molar-refractivity contribution in [1.29, 1.82) is 0 Å². The monoisotopic (exact) mass is 287 g/mol. The van der Waals surface area contributed by atoms with Crippen LogP contribution in [0.15, 0.2) is 36.5 Å². The van der Waals surface area contributed by atoms with E-state index in [1.165, 1.54) is 0 Å². The van der Waals surface area contributed by atoms with Gasteiger partial charge >= 0.3 is 0 Å². The second-order valence-electron chi connectivity index (χ2n) is 4.59. The first-order valence-corrected chi connectivity index (χ1v) is 6.83. The van der Waals surface area contributed by atoms with Crippen molar-refractivity contribution in [3.05, 3.63) is 47.8 Å². The minimum absolute atomic E-state index is 0.376. The highest BCUT2D eigenvalue weighted by atomic mass is 35.5. The van der Waals surface area contributed by atoms with E-state index in [0.717, 1.165) is 27.9 Å². The lowest BCUT2D eigenvalue weighted by atomic mass is 10.2. The molecule has 102 valence electrons. The fourth-order valence-electron chi connectivity index (χ4n) is 2.18. The lowest BCUT2D eigenvalue weighted by molar-refractivity contribution is 0.428. The maximum absolute atomic E-state index is 5.97. The Hall–Kier alpha value is -2.07. The normalized spacial score (nSPS) is 10.9. The quantitative estimate of drug-likeness (QED) is 0.688. The highest BCUT2D eigenvalue weighted by molar-refractivity contribution is 6.17. The fraction of sp³-hybridized carbons (Fsp3) is 0.200. The minimum atomic E-state index is 0.376. The van der Waals surface area contributed by atoms with Crippen molar-refractivity contribution in [1.82, 2.24) is 14.8 Å². The molecule has 0 fully saturated rings. The van der Waals surface area contributed by atoms with Crippen LogP contribution in [0.5, 0.6) is 11.6 Å². The van der Waals surface area contributed by atoms with Gasteiger partial charge in [0.15, 0.2) is 0 Å². The van der Waals surface area contributed by atoms with Crippen molar-refractivity contribution in [2.45, 2.75) is 12.8 Å². The zero-order chi connectivity index (χ0) is 14.1. The first-order chi connectivity index (χ1) is 9.69. The zero-order valence-electron chi connectivity index (χ0n) is 11.3. The van der Waals surface area contributed by atoms with Crippen molar-refractivity contribution in [3.8, 4) is 11.6 Å². The molecular weight excluding hydrogens is 274 g/mol. The molecule has 0 N–H and O–H groups in total. The lowest BCUT2D eigenvalue weighted by Gasteiger charge is -2.08. The van der Waals surface area contributed by atoms with Crippen LogP contribution in [-0.4, -0.2) is 14.8 Å². The number of rotatable bonds is 3. The Bertz CT molecular complexity index is 767. The molecule has 1 aromatic carbocycles. The Morgan fingerprint density at radius 1 is 1.30 bits per heavy atom. The van der Waals surface area contributed by atoms with Gasteiger partial charge in [-0.2, -0.15) is 5.10 Å². The molecular formula is C15H14ClN3O. The predicted octanol–water partition coefficient (Wildman–Crippen LogP) is 3.81. The van der Waals surface area contributed by atoms with Crippen LogP contribution in [-0.2, 0) is 12.9 Å². The van der Waals surface area contributed by atoms with E-state index in [4.69, 9.17) is 16.3 Å². The molecule has 20 heavy (non-hydrogen) atoms. The van der Waals surface area contributed by atoms with Crippen LogP contribution >= 0.6 is 11.6 Å². The van der Waals surface area contributed by atoms with E-state index in [2.05, 4.69) is 10.1 Å². The molecule has 0 saturated carbocycles. The average molecular weight is 288 g/mol. The summed E-state index contributed by atoms with van der Waals surface area (Å²) < 4.78 is 7.64. The zero-order valence-corrected chi connectivity index (χ0v) is 12.1. The Kier molecular flexibility index (Phi) is 3.32. The van der Waals surface area contributed by atoms with E-state index >= 15 is 0 Å². The smallest absolute Gasteiger partial charge is 0.222 e. The summed E-state index contributed by atoms with van der Waals surface area (Å²) in [5, 5.41) is 5.41. The molecule has 0 amide bonds. The highest BCUT2D eigenvalue weighted by Crippen LogP contribution is 2.29. The molecule has 4 nitrogen and oxygen atoms in total. The number of alkyl halides is 1. The van der Waals surface area contributed by atoms with E-state index in [-0.39, 0.29) is 0 Å². The highest BCUT2D eigenvalue weighted by Gasteiger charge is 2.14. The van der Waals surface area contributed by atoms with Gasteiger partial charge in [0.25, 0.3) is 0 Å². The summed E-state index contributed by atoms with van der Waals surface area (Å²) in [7, 11) is 1.84. The number of aromatic nitrogens is 3. The lowest BCUT2D eigenvalue weighted by Crippen LogP contribution is -1.96.